The summed E-state index contributed by atoms with van der Waals surface area (Å²) in [5, 5.41) is 4.06. The van der Waals surface area contributed by atoms with Crippen molar-refractivity contribution in [3.8, 4) is 0 Å². The number of benzene rings is 2. The molecule has 36 heavy (non-hydrogen) atoms. The summed E-state index contributed by atoms with van der Waals surface area (Å²) < 4.78 is 26.1. The second kappa shape index (κ2) is 13.9. The Morgan fingerprint density at radius 3 is 2.00 bits per heavy atom. The first-order chi connectivity index (χ1) is 17.0. The summed E-state index contributed by atoms with van der Waals surface area (Å²) in [6.45, 7) is 6.14. The molecule has 1 N–H and O–H groups in total. The Balaban J connectivity index is 2.21. The van der Waals surface area contributed by atoms with Crippen LogP contribution in [0, 0.1) is 0 Å². The summed E-state index contributed by atoms with van der Waals surface area (Å²) in [7, 11) is -3.56. The van der Waals surface area contributed by atoms with Gasteiger partial charge >= 0.3 is 0 Å². The molecule has 0 aromatic heterocycles. The summed E-state index contributed by atoms with van der Waals surface area (Å²) in [6.07, 6.45) is 2.72. The van der Waals surface area contributed by atoms with Crippen LogP contribution in [-0.2, 0) is 26.2 Å². The highest BCUT2D eigenvalue weighted by Crippen LogP contribution is 2.22. The summed E-state index contributed by atoms with van der Waals surface area (Å²) >= 11 is 12.0. The Morgan fingerprint density at radius 2 is 1.50 bits per heavy atom. The number of halogens is 2. The van der Waals surface area contributed by atoms with Gasteiger partial charge in [0, 0.05) is 35.6 Å². The van der Waals surface area contributed by atoms with Gasteiger partial charge < -0.3 is 10.2 Å². The van der Waals surface area contributed by atoms with E-state index in [-0.39, 0.29) is 43.8 Å². The molecule has 2 atom stereocenters. The number of rotatable bonds is 13. The third kappa shape index (κ3) is 8.98. The van der Waals surface area contributed by atoms with Crippen molar-refractivity contribution in [2.75, 3.05) is 17.1 Å². The molecule has 0 saturated carbocycles. The average Bonchev–Trinajstić information content (AvgIpc) is 2.82. The van der Waals surface area contributed by atoms with Gasteiger partial charge in [-0.3, -0.25) is 13.9 Å². The highest BCUT2D eigenvalue weighted by atomic mass is 35.5. The van der Waals surface area contributed by atoms with E-state index < -0.39 is 16.1 Å². The molecule has 198 valence electrons. The molecule has 0 saturated heterocycles. The maximum absolute atomic E-state index is 13.4. The molecule has 0 radical (unpaired) electrons. The van der Waals surface area contributed by atoms with Crippen molar-refractivity contribution < 1.29 is 18.0 Å². The van der Waals surface area contributed by atoms with Crippen molar-refractivity contribution in [3.63, 3.8) is 0 Å². The normalized spacial score (nSPS) is 13.1. The number of carbonyl (C=O) groups excluding carboxylic acids is 2. The Morgan fingerprint density at radius 1 is 0.944 bits per heavy atom. The van der Waals surface area contributed by atoms with Crippen molar-refractivity contribution >= 4 is 50.7 Å². The molecule has 2 amide bonds. The quantitative estimate of drug-likeness (QED) is 0.365. The van der Waals surface area contributed by atoms with Crippen LogP contribution in [0.2, 0.25) is 10.0 Å². The first-order valence-electron chi connectivity index (χ1n) is 12.0. The molecule has 0 heterocycles. The van der Waals surface area contributed by atoms with Gasteiger partial charge in [0.05, 0.1) is 11.9 Å². The lowest BCUT2D eigenvalue weighted by Crippen LogP contribution is -2.50. The molecule has 0 spiro atoms. The lowest BCUT2D eigenvalue weighted by atomic mass is 10.1. The van der Waals surface area contributed by atoms with Crippen LogP contribution in [0.3, 0.4) is 0 Å². The molecule has 2 rings (SSSR count). The SMILES string of the molecule is CC[C@@H](C)NC(=O)[C@H](CC)N(Cc1ccc(Cl)cc1)C(=O)CCCN(c1ccc(Cl)cc1)S(C)(=O)=O. The number of nitrogens with one attached hydrogen (secondary N) is 1. The first-order valence-corrected chi connectivity index (χ1v) is 14.6. The highest BCUT2D eigenvalue weighted by molar-refractivity contribution is 7.92. The van der Waals surface area contributed by atoms with Crippen molar-refractivity contribution in [3.05, 3.63) is 64.1 Å². The van der Waals surface area contributed by atoms with Crippen LogP contribution in [-0.4, -0.2) is 50.0 Å². The van der Waals surface area contributed by atoms with Gasteiger partial charge in [0.1, 0.15) is 6.04 Å². The van der Waals surface area contributed by atoms with Crippen molar-refractivity contribution in [2.45, 2.75) is 65.1 Å². The van der Waals surface area contributed by atoms with E-state index in [1.807, 2.05) is 32.9 Å². The molecular weight excluding hydrogens is 521 g/mol. The van der Waals surface area contributed by atoms with Crippen LogP contribution in [0.25, 0.3) is 0 Å². The lowest BCUT2D eigenvalue weighted by Gasteiger charge is -2.32. The summed E-state index contributed by atoms with van der Waals surface area (Å²) in [5.74, 6) is -0.422. The fraction of sp³-hybridized carbons (Fsp3) is 0.462. The van der Waals surface area contributed by atoms with Gasteiger partial charge in [0.2, 0.25) is 21.8 Å². The van der Waals surface area contributed by atoms with E-state index in [2.05, 4.69) is 5.32 Å². The minimum Gasteiger partial charge on any atom is -0.352 e. The molecule has 2 aromatic rings. The molecule has 0 bridgehead atoms. The number of carbonyl (C=O) groups is 2. The molecule has 0 aliphatic rings. The predicted molar refractivity (Wildman–Crippen MR) is 147 cm³/mol. The first kappa shape index (κ1) is 29.9. The topological polar surface area (TPSA) is 86.8 Å². The molecule has 0 fully saturated rings. The van der Waals surface area contributed by atoms with Crippen LogP contribution in [0.1, 0.15) is 52.0 Å². The number of amides is 2. The minimum absolute atomic E-state index is 0.0123. The molecule has 7 nitrogen and oxygen atoms in total. The molecule has 10 heteroatoms. The van der Waals surface area contributed by atoms with Crippen molar-refractivity contribution in [1.29, 1.82) is 0 Å². The smallest absolute Gasteiger partial charge is 0.243 e. The number of hydrogen-bond acceptors (Lipinski definition) is 4. The van der Waals surface area contributed by atoms with Crippen LogP contribution >= 0.6 is 23.2 Å². The Hall–Kier alpha value is -2.29. The largest absolute Gasteiger partial charge is 0.352 e. The standard InChI is InChI=1S/C26H35Cl2N3O4S/c1-5-19(3)29-26(33)24(6-2)30(18-20-9-11-21(27)12-10-20)25(32)8-7-17-31(36(4,34)35)23-15-13-22(28)14-16-23/h9-16,19,24H,5-8,17-18H2,1-4H3,(H,29,33)/t19-,24+/m1/s1. The maximum Gasteiger partial charge on any atom is 0.243 e. The summed E-state index contributed by atoms with van der Waals surface area (Å²) in [6, 6.07) is 13.0. The van der Waals surface area contributed by atoms with Crippen molar-refractivity contribution in [1.82, 2.24) is 10.2 Å². The second-order valence-electron chi connectivity index (χ2n) is 8.81. The average molecular weight is 557 g/mol. The third-order valence-electron chi connectivity index (χ3n) is 5.92. The summed E-state index contributed by atoms with van der Waals surface area (Å²) in [4.78, 5) is 28.0. The molecule has 0 unspecified atom stereocenters. The molecule has 0 aliphatic carbocycles. The highest BCUT2D eigenvalue weighted by Gasteiger charge is 2.29. The number of hydrogen-bond donors (Lipinski definition) is 1. The molecule has 0 aliphatic heterocycles. The van der Waals surface area contributed by atoms with E-state index in [1.54, 1.807) is 41.3 Å². The van der Waals surface area contributed by atoms with E-state index >= 15 is 0 Å². The van der Waals surface area contributed by atoms with Crippen molar-refractivity contribution in [2.24, 2.45) is 0 Å². The van der Waals surface area contributed by atoms with Gasteiger partial charge in [0.15, 0.2) is 0 Å². The van der Waals surface area contributed by atoms with Crippen LogP contribution < -0.4 is 9.62 Å². The van der Waals surface area contributed by atoms with Gasteiger partial charge in [-0.1, -0.05) is 49.2 Å². The lowest BCUT2D eigenvalue weighted by molar-refractivity contribution is -0.141. The zero-order valence-corrected chi connectivity index (χ0v) is 23.5. The van der Waals surface area contributed by atoms with Gasteiger partial charge in [0.25, 0.3) is 0 Å². The number of anilines is 1. The molecular formula is C26H35Cl2N3O4S. The number of sulfonamides is 1. The Labute approximate surface area is 224 Å². The van der Waals surface area contributed by atoms with E-state index in [4.69, 9.17) is 23.2 Å². The zero-order valence-electron chi connectivity index (χ0n) is 21.2. The van der Waals surface area contributed by atoms with E-state index in [0.29, 0.717) is 22.2 Å². The van der Waals surface area contributed by atoms with E-state index in [1.165, 1.54) is 4.31 Å². The predicted octanol–water partition coefficient (Wildman–Crippen LogP) is 5.26. The minimum atomic E-state index is -3.56. The Bertz CT molecular complexity index is 1110. The fourth-order valence-corrected chi connectivity index (χ4v) is 4.98. The maximum atomic E-state index is 13.4. The number of nitrogens with zero attached hydrogens (tertiary/aromatic N) is 2. The molecule has 2 aromatic carbocycles. The van der Waals surface area contributed by atoms with Gasteiger partial charge in [-0.15, -0.1) is 0 Å². The zero-order chi connectivity index (χ0) is 26.9. The van der Waals surface area contributed by atoms with Gasteiger partial charge in [-0.25, -0.2) is 8.42 Å². The Kier molecular flexibility index (Phi) is 11.5. The monoisotopic (exact) mass is 555 g/mol. The summed E-state index contributed by atoms with van der Waals surface area (Å²) in [5.41, 5.74) is 1.33. The van der Waals surface area contributed by atoms with E-state index in [9.17, 15) is 18.0 Å². The van der Waals surface area contributed by atoms with E-state index in [0.717, 1.165) is 18.2 Å². The van der Waals surface area contributed by atoms with Gasteiger partial charge in [-0.2, -0.15) is 0 Å². The van der Waals surface area contributed by atoms with Crippen LogP contribution in [0.5, 0.6) is 0 Å². The van der Waals surface area contributed by atoms with Gasteiger partial charge in [-0.05, 0) is 68.1 Å². The third-order valence-corrected chi connectivity index (χ3v) is 7.62. The van der Waals surface area contributed by atoms with Crippen LogP contribution in [0.15, 0.2) is 48.5 Å². The fourth-order valence-electron chi connectivity index (χ4n) is 3.76. The second-order valence-corrected chi connectivity index (χ2v) is 11.6. The van der Waals surface area contributed by atoms with Crippen LogP contribution in [0.4, 0.5) is 5.69 Å².